The lowest BCUT2D eigenvalue weighted by atomic mass is 9.99. The number of sulfone groups is 1. The number of benzene rings is 2. The summed E-state index contributed by atoms with van der Waals surface area (Å²) in [4.78, 5) is 0.211. The predicted molar refractivity (Wildman–Crippen MR) is 79.7 cm³/mol. The van der Waals surface area contributed by atoms with Crippen molar-refractivity contribution in [2.75, 3.05) is 6.26 Å². The van der Waals surface area contributed by atoms with Crippen molar-refractivity contribution in [3.8, 4) is 0 Å². The summed E-state index contributed by atoms with van der Waals surface area (Å²) in [5.41, 5.74) is 7.04. The predicted octanol–water partition coefficient (Wildman–Crippen LogP) is 3.04. The van der Waals surface area contributed by atoms with E-state index in [1.807, 2.05) is 0 Å². The van der Waals surface area contributed by atoms with Gasteiger partial charge in [-0.2, -0.15) is 0 Å². The molecule has 0 aromatic heterocycles. The highest BCUT2D eigenvalue weighted by molar-refractivity contribution is 9.10. The Balaban J connectivity index is 2.39. The van der Waals surface area contributed by atoms with Gasteiger partial charge >= 0.3 is 0 Å². The summed E-state index contributed by atoms with van der Waals surface area (Å²) in [6.45, 7) is 0. The van der Waals surface area contributed by atoms with Crippen molar-refractivity contribution in [3.05, 3.63) is 63.9 Å². The Morgan fingerprint density at radius 1 is 1.15 bits per heavy atom. The number of hydrogen-bond acceptors (Lipinski definition) is 3. The topological polar surface area (TPSA) is 60.2 Å². The highest BCUT2D eigenvalue weighted by Gasteiger charge is 2.15. The second kappa shape index (κ2) is 5.63. The van der Waals surface area contributed by atoms with Crippen LogP contribution in [0.15, 0.2) is 51.8 Å². The molecular weight excluding hydrogens is 345 g/mol. The second-order valence-electron chi connectivity index (χ2n) is 4.48. The minimum Gasteiger partial charge on any atom is -0.320 e. The highest BCUT2D eigenvalue weighted by Crippen LogP contribution is 2.26. The van der Waals surface area contributed by atoms with Crippen LogP contribution in [0.1, 0.15) is 17.2 Å². The average molecular weight is 358 g/mol. The standard InChI is InChI=1S/C14H13BrFNO2S/c1-20(18,19)11-5-2-9(3-6-11)14(17)12-8-10(15)4-7-13(12)16/h2-8,14H,17H2,1H3. The fourth-order valence-electron chi connectivity index (χ4n) is 1.85. The molecule has 0 radical (unpaired) electrons. The monoisotopic (exact) mass is 357 g/mol. The van der Waals surface area contributed by atoms with Crippen LogP contribution in [0.25, 0.3) is 0 Å². The summed E-state index contributed by atoms with van der Waals surface area (Å²) in [6, 6.07) is 10.0. The molecular formula is C14H13BrFNO2S. The first-order valence-corrected chi connectivity index (χ1v) is 8.48. The molecule has 0 bridgehead atoms. The van der Waals surface area contributed by atoms with Gasteiger partial charge in [-0.25, -0.2) is 12.8 Å². The Morgan fingerprint density at radius 2 is 1.75 bits per heavy atom. The van der Waals surface area contributed by atoms with Crippen molar-refractivity contribution in [2.45, 2.75) is 10.9 Å². The maximum atomic E-state index is 13.8. The zero-order valence-corrected chi connectivity index (χ0v) is 13.1. The quantitative estimate of drug-likeness (QED) is 0.918. The molecule has 6 heteroatoms. The van der Waals surface area contributed by atoms with Gasteiger partial charge in [-0.15, -0.1) is 0 Å². The first-order chi connectivity index (χ1) is 9.29. The molecule has 0 fully saturated rings. The van der Waals surface area contributed by atoms with E-state index in [1.165, 1.54) is 18.2 Å². The number of nitrogens with two attached hydrogens (primary N) is 1. The normalized spacial score (nSPS) is 13.2. The van der Waals surface area contributed by atoms with Gasteiger partial charge in [-0.05, 0) is 35.9 Å². The molecule has 2 N–H and O–H groups in total. The van der Waals surface area contributed by atoms with Crippen LogP contribution in [0.4, 0.5) is 4.39 Å². The third-order valence-electron chi connectivity index (χ3n) is 2.96. The van der Waals surface area contributed by atoms with E-state index in [-0.39, 0.29) is 4.90 Å². The Kier molecular flexibility index (Phi) is 4.27. The van der Waals surface area contributed by atoms with Gasteiger partial charge in [0.1, 0.15) is 5.82 Å². The van der Waals surface area contributed by atoms with E-state index in [9.17, 15) is 12.8 Å². The van der Waals surface area contributed by atoms with Gasteiger partial charge in [-0.3, -0.25) is 0 Å². The van der Waals surface area contributed by atoms with Crippen LogP contribution in [0.3, 0.4) is 0 Å². The van der Waals surface area contributed by atoms with E-state index in [0.29, 0.717) is 11.1 Å². The molecule has 0 aliphatic carbocycles. The summed E-state index contributed by atoms with van der Waals surface area (Å²) in [5.74, 6) is -0.395. The van der Waals surface area contributed by atoms with Gasteiger partial charge < -0.3 is 5.73 Å². The van der Waals surface area contributed by atoms with Gasteiger partial charge in [0.05, 0.1) is 10.9 Å². The van der Waals surface area contributed by atoms with E-state index < -0.39 is 21.7 Å². The van der Waals surface area contributed by atoms with Gasteiger partial charge in [0.2, 0.25) is 0 Å². The molecule has 0 saturated heterocycles. The Hall–Kier alpha value is -1.24. The van der Waals surface area contributed by atoms with E-state index in [4.69, 9.17) is 5.73 Å². The molecule has 106 valence electrons. The zero-order valence-electron chi connectivity index (χ0n) is 10.7. The number of rotatable bonds is 3. The highest BCUT2D eigenvalue weighted by atomic mass is 79.9. The molecule has 0 saturated carbocycles. The molecule has 1 atom stereocenters. The van der Waals surface area contributed by atoms with E-state index in [2.05, 4.69) is 15.9 Å². The van der Waals surface area contributed by atoms with Crippen LogP contribution in [0.5, 0.6) is 0 Å². The first-order valence-electron chi connectivity index (χ1n) is 5.79. The molecule has 1 unspecified atom stereocenters. The molecule has 0 spiro atoms. The number of hydrogen-bond donors (Lipinski definition) is 1. The Bertz CT molecular complexity index is 729. The van der Waals surface area contributed by atoms with Gasteiger partial charge in [0.25, 0.3) is 0 Å². The average Bonchev–Trinajstić information content (AvgIpc) is 2.40. The fraction of sp³-hybridized carbons (Fsp3) is 0.143. The van der Waals surface area contributed by atoms with Crippen LogP contribution in [-0.2, 0) is 9.84 Å². The Labute approximate surface area is 125 Å². The smallest absolute Gasteiger partial charge is 0.175 e. The largest absolute Gasteiger partial charge is 0.320 e. The third kappa shape index (κ3) is 3.26. The third-order valence-corrected chi connectivity index (χ3v) is 4.58. The van der Waals surface area contributed by atoms with Crippen molar-refractivity contribution in [3.63, 3.8) is 0 Å². The van der Waals surface area contributed by atoms with Crippen LogP contribution in [-0.4, -0.2) is 14.7 Å². The lowest BCUT2D eigenvalue weighted by Crippen LogP contribution is -2.14. The van der Waals surface area contributed by atoms with Crippen LogP contribution >= 0.6 is 15.9 Å². The van der Waals surface area contributed by atoms with Crippen molar-refractivity contribution < 1.29 is 12.8 Å². The van der Waals surface area contributed by atoms with E-state index >= 15 is 0 Å². The number of halogens is 2. The van der Waals surface area contributed by atoms with Crippen LogP contribution in [0.2, 0.25) is 0 Å². The molecule has 20 heavy (non-hydrogen) atoms. The van der Waals surface area contributed by atoms with Crippen molar-refractivity contribution in [2.24, 2.45) is 5.73 Å². The van der Waals surface area contributed by atoms with Gasteiger partial charge in [-0.1, -0.05) is 28.1 Å². The molecule has 2 rings (SSSR count). The zero-order chi connectivity index (χ0) is 14.9. The van der Waals surface area contributed by atoms with Crippen LogP contribution in [0, 0.1) is 5.82 Å². The molecule has 3 nitrogen and oxygen atoms in total. The maximum absolute atomic E-state index is 13.8. The minimum atomic E-state index is -3.25. The lowest BCUT2D eigenvalue weighted by molar-refractivity contribution is 0.597. The van der Waals surface area contributed by atoms with Gasteiger partial charge in [0.15, 0.2) is 9.84 Å². The summed E-state index contributed by atoms with van der Waals surface area (Å²) >= 11 is 3.27. The molecule has 0 heterocycles. The van der Waals surface area contributed by atoms with E-state index in [0.717, 1.165) is 10.7 Å². The maximum Gasteiger partial charge on any atom is 0.175 e. The molecule has 0 aliphatic rings. The van der Waals surface area contributed by atoms with Gasteiger partial charge in [0, 0.05) is 16.3 Å². The molecule has 2 aromatic rings. The molecule has 0 amide bonds. The first kappa shape index (κ1) is 15.2. The Morgan fingerprint density at radius 3 is 2.30 bits per heavy atom. The van der Waals surface area contributed by atoms with Crippen LogP contribution < -0.4 is 5.73 Å². The van der Waals surface area contributed by atoms with Crippen molar-refractivity contribution in [1.82, 2.24) is 0 Å². The summed E-state index contributed by atoms with van der Waals surface area (Å²) in [6.07, 6.45) is 1.13. The summed E-state index contributed by atoms with van der Waals surface area (Å²) in [7, 11) is -3.25. The molecule has 0 aliphatic heterocycles. The summed E-state index contributed by atoms with van der Waals surface area (Å²) in [5, 5.41) is 0. The molecule has 2 aromatic carbocycles. The summed E-state index contributed by atoms with van der Waals surface area (Å²) < 4.78 is 37.3. The lowest BCUT2D eigenvalue weighted by Gasteiger charge is -2.14. The van der Waals surface area contributed by atoms with Crippen molar-refractivity contribution in [1.29, 1.82) is 0 Å². The second-order valence-corrected chi connectivity index (χ2v) is 7.42. The fourth-order valence-corrected chi connectivity index (χ4v) is 2.86. The van der Waals surface area contributed by atoms with E-state index in [1.54, 1.807) is 24.3 Å². The minimum absolute atomic E-state index is 0.211. The van der Waals surface area contributed by atoms with Crippen molar-refractivity contribution >= 4 is 25.8 Å². The SMILES string of the molecule is CS(=O)(=O)c1ccc(C(N)c2cc(Br)ccc2F)cc1.